The van der Waals surface area contributed by atoms with E-state index in [1.807, 2.05) is 30.7 Å². The van der Waals surface area contributed by atoms with Crippen molar-refractivity contribution in [2.75, 3.05) is 0 Å². The summed E-state index contributed by atoms with van der Waals surface area (Å²) in [5.41, 5.74) is 5.09. The average Bonchev–Trinajstić information content (AvgIpc) is 2.78. The van der Waals surface area contributed by atoms with Crippen LogP contribution in [0.4, 0.5) is 0 Å². The second-order valence-corrected chi connectivity index (χ2v) is 5.77. The van der Waals surface area contributed by atoms with Crippen molar-refractivity contribution in [3.63, 3.8) is 0 Å². The molecule has 0 spiro atoms. The molecule has 2 aromatic heterocycles. The number of imidazole rings is 1. The van der Waals surface area contributed by atoms with Gasteiger partial charge in [-0.3, -0.25) is 4.57 Å². The van der Waals surface area contributed by atoms with Crippen molar-refractivity contribution in [3.8, 4) is 5.69 Å². The molecule has 0 fully saturated rings. The van der Waals surface area contributed by atoms with Crippen LogP contribution in [0.5, 0.6) is 0 Å². The molecule has 4 heteroatoms. The summed E-state index contributed by atoms with van der Waals surface area (Å²) in [5, 5.41) is -0.175. The predicted molar refractivity (Wildman–Crippen MR) is 82.6 cm³/mol. The minimum absolute atomic E-state index is 0.175. The third-order valence-electron chi connectivity index (χ3n) is 3.31. The number of halogens is 1. The SMILES string of the molecule is Cc1ccc(-n2c(C(C)Cl)nc3cc(C)cnc32)cc1. The molecule has 2 heterocycles. The normalized spacial score (nSPS) is 12.8. The number of hydrogen-bond acceptors (Lipinski definition) is 2. The lowest BCUT2D eigenvalue weighted by Gasteiger charge is -2.10. The van der Waals surface area contributed by atoms with E-state index in [-0.39, 0.29) is 5.38 Å². The van der Waals surface area contributed by atoms with Crippen LogP contribution in [0.3, 0.4) is 0 Å². The highest BCUT2D eigenvalue weighted by Gasteiger charge is 2.17. The first kappa shape index (κ1) is 13.1. The summed E-state index contributed by atoms with van der Waals surface area (Å²) in [6.45, 7) is 6.02. The lowest BCUT2D eigenvalue weighted by atomic mass is 10.2. The van der Waals surface area contributed by atoms with Gasteiger partial charge in [0, 0.05) is 11.9 Å². The Hall–Kier alpha value is -1.87. The third kappa shape index (κ3) is 2.18. The maximum Gasteiger partial charge on any atom is 0.164 e. The summed E-state index contributed by atoms with van der Waals surface area (Å²) in [6, 6.07) is 10.3. The Balaban J connectivity index is 2.31. The van der Waals surface area contributed by atoms with Gasteiger partial charge < -0.3 is 0 Å². The molecule has 1 unspecified atom stereocenters. The van der Waals surface area contributed by atoms with E-state index in [1.54, 1.807) is 0 Å². The Bertz CT molecular complexity index is 757. The Kier molecular flexibility index (Phi) is 3.22. The minimum atomic E-state index is -0.175. The third-order valence-corrected chi connectivity index (χ3v) is 3.50. The summed E-state index contributed by atoms with van der Waals surface area (Å²) in [6.07, 6.45) is 1.86. The molecular formula is C16H16ClN3. The van der Waals surface area contributed by atoms with Crippen molar-refractivity contribution in [2.45, 2.75) is 26.1 Å². The van der Waals surface area contributed by atoms with Gasteiger partial charge in [0.25, 0.3) is 0 Å². The fraction of sp³-hybridized carbons (Fsp3) is 0.250. The van der Waals surface area contributed by atoms with Crippen LogP contribution in [0.25, 0.3) is 16.9 Å². The van der Waals surface area contributed by atoms with E-state index in [0.29, 0.717) is 0 Å². The monoisotopic (exact) mass is 285 g/mol. The average molecular weight is 286 g/mol. The first-order chi connectivity index (χ1) is 9.56. The predicted octanol–water partition coefficient (Wildman–Crippen LogP) is 4.34. The fourth-order valence-corrected chi connectivity index (χ4v) is 2.44. The number of alkyl halides is 1. The first-order valence-corrected chi connectivity index (χ1v) is 7.06. The zero-order chi connectivity index (χ0) is 14.3. The van der Waals surface area contributed by atoms with Crippen LogP contribution in [0.2, 0.25) is 0 Å². The number of rotatable bonds is 2. The molecule has 1 atom stereocenters. The van der Waals surface area contributed by atoms with Crippen molar-refractivity contribution in [2.24, 2.45) is 0 Å². The summed E-state index contributed by atoms with van der Waals surface area (Å²) in [7, 11) is 0. The van der Waals surface area contributed by atoms with Gasteiger partial charge in [0.15, 0.2) is 5.65 Å². The van der Waals surface area contributed by atoms with Crippen molar-refractivity contribution in [1.82, 2.24) is 14.5 Å². The zero-order valence-corrected chi connectivity index (χ0v) is 12.5. The maximum atomic E-state index is 6.29. The van der Waals surface area contributed by atoms with E-state index in [1.165, 1.54) is 5.56 Å². The fourth-order valence-electron chi connectivity index (χ4n) is 2.30. The quantitative estimate of drug-likeness (QED) is 0.656. The largest absolute Gasteiger partial charge is 0.279 e. The zero-order valence-electron chi connectivity index (χ0n) is 11.8. The van der Waals surface area contributed by atoms with Gasteiger partial charge in [0.1, 0.15) is 11.3 Å². The number of benzene rings is 1. The van der Waals surface area contributed by atoms with Gasteiger partial charge in [-0.1, -0.05) is 17.7 Å². The molecule has 20 heavy (non-hydrogen) atoms. The molecule has 1 aromatic carbocycles. The van der Waals surface area contributed by atoms with Gasteiger partial charge in [0.2, 0.25) is 0 Å². The molecule has 0 saturated carbocycles. The molecule has 0 aliphatic heterocycles. The summed E-state index contributed by atoms with van der Waals surface area (Å²) < 4.78 is 2.03. The smallest absolute Gasteiger partial charge is 0.164 e. The minimum Gasteiger partial charge on any atom is -0.279 e. The number of hydrogen-bond donors (Lipinski definition) is 0. The van der Waals surface area contributed by atoms with Gasteiger partial charge in [-0.25, -0.2) is 9.97 Å². The van der Waals surface area contributed by atoms with Gasteiger partial charge >= 0.3 is 0 Å². The second-order valence-electron chi connectivity index (χ2n) is 5.11. The van der Waals surface area contributed by atoms with Gasteiger partial charge in [0.05, 0.1) is 5.38 Å². The second kappa shape index (κ2) is 4.91. The standard InChI is InChI=1S/C16H16ClN3/c1-10-4-6-13(7-5-10)20-15(12(3)17)19-14-8-11(2)9-18-16(14)20/h4-9,12H,1-3H3. The van der Waals surface area contributed by atoms with Crippen LogP contribution in [-0.2, 0) is 0 Å². The first-order valence-electron chi connectivity index (χ1n) is 6.62. The van der Waals surface area contributed by atoms with E-state index in [9.17, 15) is 0 Å². The molecule has 0 N–H and O–H groups in total. The van der Waals surface area contributed by atoms with E-state index < -0.39 is 0 Å². The molecular weight excluding hydrogens is 270 g/mol. The van der Waals surface area contributed by atoms with Gasteiger partial charge in [-0.2, -0.15) is 0 Å². The van der Waals surface area contributed by atoms with Crippen LogP contribution >= 0.6 is 11.6 Å². The Labute approximate surface area is 123 Å². The lowest BCUT2D eigenvalue weighted by molar-refractivity contribution is 0.876. The topological polar surface area (TPSA) is 30.7 Å². The molecule has 102 valence electrons. The van der Waals surface area contributed by atoms with Crippen LogP contribution in [0.15, 0.2) is 36.5 Å². The highest BCUT2D eigenvalue weighted by Crippen LogP contribution is 2.27. The van der Waals surface area contributed by atoms with E-state index in [2.05, 4.69) is 41.2 Å². The molecule has 3 rings (SSSR count). The van der Waals surface area contributed by atoms with Crippen molar-refractivity contribution < 1.29 is 0 Å². The van der Waals surface area contributed by atoms with E-state index in [0.717, 1.165) is 28.2 Å². The Morgan fingerprint density at radius 3 is 2.45 bits per heavy atom. The number of nitrogens with zero attached hydrogens (tertiary/aromatic N) is 3. The van der Waals surface area contributed by atoms with Crippen molar-refractivity contribution in [1.29, 1.82) is 0 Å². The molecule has 0 bridgehead atoms. The number of aromatic nitrogens is 3. The van der Waals surface area contributed by atoms with Crippen LogP contribution < -0.4 is 0 Å². The highest BCUT2D eigenvalue weighted by molar-refractivity contribution is 6.20. The van der Waals surface area contributed by atoms with Gasteiger partial charge in [-0.05, 0) is 44.5 Å². The van der Waals surface area contributed by atoms with Crippen molar-refractivity contribution >= 4 is 22.8 Å². The van der Waals surface area contributed by atoms with Crippen LogP contribution in [0, 0.1) is 13.8 Å². The Morgan fingerprint density at radius 2 is 1.80 bits per heavy atom. The lowest BCUT2D eigenvalue weighted by Crippen LogP contribution is -2.02. The molecule has 0 aliphatic rings. The molecule has 0 saturated heterocycles. The summed E-state index contributed by atoms with van der Waals surface area (Å²) in [4.78, 5) is 9.16. The number of fused-ring (bicyclic) bond motifs is 1. The molecule has 3 aromatic rings. The van der Waals surface area contributed by atoms with Crippen LogP contribution in [-0.4, -0.2) is 14.5 Å². The molecule has 0 amide bonds. The van der Waals surface area contributed by atoms with E-state index in [4.69, 9.17) is 11.6 Å². The van der Waals surface area contributed by atoms with Crippen LogP contribution in [0.1, 0.15) is 29.3 Å². The molecule has 0 radical (unpaired) electrons. The molecule has 0 aliphatic carbocycles. The Morgan fingerprint density at radius 1 is 1.10 bits per heavy atom. The highest BCUT2D eigenvalue weighted by atomic mass is 35.5. The van der Waals surface area contributed by atoms with Gasteiger partial charge in [-0.15, -0.1) is 11.6 Å². The van der Waals surface area contributed by atoms with Crippen molar-refractivity contribution in [3.05, 3.63) is 53.5 Å². The maximum absolute atomic E-state index is 6.29. The summed E-state index contributed by atoms with van der Waals surface area (Å²) in [5.74, 6) is 0.823. The van der Waals surface area contributed by atoms with E-state index >= 15 is 0 Å². The number of aryl methyl sites for hydroxylation is 2. The molecule has 3 nitrogen and oxygen atoms in total. The number of pyridine rings is 1. The summed E-state index contributed by atoms with van der Waals surface area (Å²) >= 11 is 6.29.